The molecule has 0 unspecified atom stereocenters. The van der Waals surface area contributed by atoms with Crippen LogP contribution in [0.2, 0.25) is 6.04 Å². The number of carbonyl (C=O) groups excluding carboxylic acids is 1. The lowest BCUT2D eigenvalue weighted by molar-refractivity contribution is -0.132. The fourth-order valence-electron chi connectivity index (χ4n) is 1.97. The Morgan fingerprint density at radius 2 is 1.35 bits per heavy atom. The molecule has 0 aliphatic carbocycles. The maximum absolute atomic E-state index is 11.5. The molecule has 3 heteroatoms. The van der Waals surface area contributed by atoms with E-state index in [4.69, 9.17) is 4.43 Å². The van der Waals surface area contributed by atoms with Crippen molar-refractivity contribution in [1.82, 2.24) is 0 Å². The van der Waals surface area contributed by atoms with Crippen LogP contribution in [0.25, 0.3) is 0 Å². The first kappa shape index (κ1) is 16.6. The molecular weight excluding hydrogens is 300 g/mol. The predicted octanol–water partition coefficient (Wildman–Crippen LogP) is 3.70. The predicted molar refractivity (Wildman–Crippen MR) is 94.6 cm³/mol. The van der Waals surface area contributed by atoms with Crippen molar-refractivity contribution in [2.45, 2.75) is 19.9 Å². The van der Waals surface area contributed by atoms with Gasteiger partial charge in [0.25, 0.3) is 5.97 Å². The second-order valence-corrected chi connectivity index (χ2v) is 8.07. The summed E-state index contributed by atoms with van der Waals surface area (Å²) < 4.78 is 5.58. The monoisotopic (exact) mass is 318 g/mol. The average Bonchev–Trinajstić information content (AvgIpc) is 2.59. The van der Waals surface area contributed by atoms with Crippen molar-refractivity contribution >= 4 is 14.3 Å². The van der Waals surface area contributed by atoms with E-state index >= 15 is 0 Å². The molecule has 2 aromatic rings. The first-order valence-corrected chi connectivity index (χ1v) is 9.61. The van der Waals surface area contributed by atoms with E-state index < -0.39 is 8.32 Å². The maximum atomic E-state index is 11.5. The molecule has 0 amide bonds. The van der Waals surface area contributed by atoms with E-state index in [1.54, 1.807) is 0 Å². The second kappa shape index (κ2) is 8.03. The Hall–Kier alpha value is -2.75. The molecule has 0 heterocycles. The molecule has 0 saturated carbocycles. The van der Waals surface area contributed by atoms with E-state index in [2.05, 4.69) is 22.9 Å². The van der Waals surface area contributed by atoms with Gasteiger partial charge in [-0.15, -0.1) is 0 Å². The second-order valence-electron chi connectivity index (χ2n) is 5.01. The van der Waals surface area contributed by atoms with Crippen molar-refractivity contribution in [3.8, 4) is 22.9 Å². The topological polar surface area (TPSA) is 26.3 Å². The fraction of sp³-hybridized carbons (Fsp3) is 0.150. The van der Waals surface area contributed by atoms with Gasteiger partial charge in [0.2, 0.25) is 0 Å². The number of hydrogen-bond acceptors (Lipinski definition) is 2. The van der Waals surface area contributed by atoms with Gasteiger partial charge in [-0.05, 0) is 30.3 Å². The Morgan fingerprint density at radius 3 is 1.70 bits per heavy atom. The summed E-state index contributed by atoms with van der Waals surface area (Å²) >= 11 is 0. The van der Waals surface area contributed by atoms with E-state index in [1.807, 2.05) is 67.6 Å². The van der Waals surface area contributed by atoms with Gasteiger partial charge in [0, 0.05) is 18.1 Å². The first-order valence-electron chi connectivity index (χ1n) is 7.49. The van der Waals surface area contributed by atoms with Gasteiger partial charge >= 0.3 is 8.32 Å². The largest absolute Gasteiger partial charge is 0.496 e. The summed E-state index contributed by atoms with van der Waals surface area (Å²) in [5.74, 6) is 5.89. The quantitative estimate of drug-likeness (QED) is 0.623. The summed E-state index contributed by atoms with van der Waals surface area (Å²) in [6, 6.07) is 20.0. The zero-order chi connectivity index (χ0) is 16.5. The highest BCUT2D eigenvalue weighted by atomic mass is 28.4. The van der Waals surface area contributed by atoms with Gasteiger partial charge in [-0.3, -0.25) is 4.79 Å². The molecular formula is C20H18O2Si. The van der Waals surface area contributed by atoms with Crippen LogP contribution >= 0.6 is 0 Å². The highest BCUT2D eigenvalue weighted by molar-refractivity contribution is 6.90. The van der Waals surface area contributed by atoms with E-state index in [-0.39, 0.29) is 5.97 Å². The summed E-state index contributed by atoms with van der Waals surface area (Å²) in [5, 5.41) is 0. The van der Waals surface area contributed by atoms with E-state index in [0.29, 0.717) is 6.04 Å². The molecule has 0 aliphatic rings. The molecule has 0 radical (unpaired) electrons. The van der Waals surface area contributed by atoms with Gasteiger partial charge < -0.3 is 4.43 Å². The van der Waals surface area contributed by atoms with Crippen LogP contribution in [0.1, 0.15) is 25.0 Å². The summed E-state index contributed by atoms with van der Waals surface area (Å²) in [6.45, 7) is 3.38. The minimum atomic E-state index is -2.77. The van der Waals surface area contributed by atoms with Crippen LogP contribution in [0.15, 0.2) is 60.7 Å². The minimum Gasteiger partial charge on any atom is -0.496 e. The Kier molecular flexibility index (Phi) is 5.80. The number of benzene rings is 2. The average molecular weight is 318 g/mol. The molecule has 2 rings (SSSR count). The lowest BCUT2D eigenvalue weighted by Gasteiger charge is -2.17. The number of carbonyl (C=O) groups is 1. The number of hydrogen-bond donors (Lipinski definition) is 0. The van der Waals surface area contributed by atoms with Crippen molar-refractivity contribution in [1.29, 1.82) is 0 Å². The summed E-state index contributed by atoms with van der Waals surface area (Å²) in [6.07, 6.45) is 0. The van der Waals surface area contributed by atoms with Crippen molar-refractivity contribution in [3.05, 3.63) is 71.8 Å². The maximum Gasteiger partial charge on any atom is 0.414 e. The van der Waals surface area contributed by atoms with Crippen LogP contribution in [0, 0.1) is 22.9 Å². The SMILES string of the molecule is CC[Si](C#Cc1ccccc1)(C#Cc1ccccc1)OC(C)=O. The molecule has 0 spiro atoms. The molecule has 0 fully saturated rings. The Bertz CT molecular complexity index is 717. The fourth-order valence-corrected chi connectivity index (χ4v) is 3.81. The van der Waals surface area contributed by atoms with E-state index in [9.17, 15) is 4.79 Å². The third-order valence-corrected chi connectivity index (χ3v) is 5.87. The third-order valence-electron chi connectivity index (χ3n) is 3.18. The van der Waals surface area contributed by atoms with Gasteiger partial charge in [-0.25, -0.2) is 0 Å². The Morgan fingerprint density at radius 1 is 0.913 bits per heavy atom. The van der Waals surface area contributed by atoms with Gasteiger partial charge in [-0.1, -0.05) is 66.3 Å². The standard InChI is InChI=1S/C20H18O2Si/c1-3-23(22-18(2)21,16-14-19-10-6-4-7-11-19)17-15-20-12-8-5-9-13-20/h4-13H,3H2,1-2H3. The van der Waals surface area contributed by atoms with Gasteiger partial charge in [0.1, 0.15) is 0 Å². The molecule has 114 valence electrons. The van der Waals surface area contributed by atoms with Crippen LogP contribution < -0.4 is 0 Å². The molecule has 0 atom stereocenters. The Balaban J connectivity index is 2.38. The molecule has 0 bridgehead atoms. The van der Waals surface area contributed by atoms with Crippen molar-refractivity contribution in [2.75, 3.05) is 0 Å². The zero-order valence-corrected chi connectivity index (χ0v) is 14.3. The third kappa shape index (κ3) is 5.18. The highest BCUT2D eigenvalue weighted by Gasteiger charge is 2.33. The van der Waals surface area contributed by atoms with Crippen LogP contribution in [0.4, 0.5) is 0 Å². The van der Waals surface area contributed by atoms with Crippen LogP contribution in [-0.2, 0) is 9.22 Å². The van der Waals surface area contributed by atoms with E-state index in [0.717, 1.165) is 11.1 Å². The molecule has 0 saturated heterocycles. The van der Waals surface area contributed by atoms with Crippen molar-refractivity contribution < 1.29 is 9.22 Å². The van der Waals surface area contributed by atoms with Crippen molar-refractivity contribution in [3.63, 3.8) is 0 Å². The lowest BCUT2D eigenvalue weighted by atomic mass is 10.2. The van der Waals surface area contributed by atoms with Gasteiger partial charge in [0.15, 0.2) is 0 Å². The summed E-state index contributed by atoms with van der Waals surface area (Å²) in [7, 11) is -2.77. The Labute approximate surface area is 138 Å². The molecule has 2 nitrogen and oxygen atoms in total. The summed E-state index contributed by atoms with van der Waals surface area (Å²) in [5.41, 5.74) is 8.14. The molecule has 23 heavy (non-hydrogen) atoms. The first-order chi connectivity index (χ1) is 11.1. The molecule has 0 N–H and O–H groups in total. The normalized spacial score (nSPS) is 9.83. The van der Waals surface area contributed by atoms with Crippen LogP contribution in [0.3, 0.4) is 0 Å². The van der Waals surface area contributed by atoms with Gasteiger partial charge in [0.05, 0.1) is 0 Å². The smallest absolute Gasteiger partial charge is 0.414 e. The number of rotatable bonds is 2. The lowest BCUT2D eigenvalue weighted by Crippen LogP contribution is -2.37. The molecule has 2 aromatic carbocycles. The molecule has 0 aromatic heterocycles. The summed E-state index contributed by atoms with van der Waals surface area (Å²) in [4.78, 5) is 11.5. The van der Waals surface area contributed by atoms with Crippen LogP contribution in [0.5, 0.6) is 0 Å². The van der Waals surface area contributed by atoms with Gasteiger partial charge in [-0.2, -0.15) is 0 Å². The molecule has 0 aliphatic heterocycles. The van der Waals surface area contributed by atoms with E-state index in [1.165, 1.54) is 6.92 Å². The highest BCUT2D eigenvalue weighted by Crippen LogP contribution is 2.11. The zero-order valence-electron chi connectivity index (χ0n) is 13.3. The minimum absolute atomic E-state index is 0.330. The van der Waals surface area contributed by atoms with Crippen LogP contribution in [-0.4, -0.2) is 14.3 Å². The van der Waals surface area contributed by atoms with Crippen molar-refractivity contribution in [2.24, 2.45) is 0 Å².